The van der Waals surface area contributed by atoms with Crippen molar-refractivity contribution in [3.8, 4) is 0 Å². The van der Waals surface area contributed by atoms with E-state index in [1.165, 1.54) is 0 Å². The van der Waals surface area contributed by atoms with Crippen LogP contribution in [-0.4, -0.2) is 26.5 Å². The van der Waals surface area contributed by atoms with Gasteiger partial charge in [0.2, 0.25) is 0 Å². The molecule has 3 nitrogen and oxygen atoms in total. The van der Waals surface area contributed by atoms with Crippen LogP contribution in [0.5, 0.6) is 0 Å². The maximum absolute atomic E-state index is 14.4. The Morgan fingerprint density at radius 1 is 1.52 bits per heavy atom. The maximum Gasteiger partial charge on any atom is 0.150 e. The topological polar surface area (TPSA) is 46.2 Å². The summed E-state index contributed by atoms with van der Waals surface area (Å²) in [6, 6.07) is 3.04. The van der Waals surface area contributed by atoms with Gasteiger partial charge >= 0.3 is 0 Å². The van der Waals surface area contributed by atoms with Crippen LogP contribution in [0.25, 0.3) is 0 Å². The molecule has 7 heteroatoms. The summed E-state index contributed by atoms with van der Waals surface area (Å²) < 4.78 is 38.3. The number of hydrogen-bond donors (Lipinski definition) is 1. The summed E-state index contributed by atoms with van der Waals surface area (Å²) in [7, 11) is -3.01. The van der Waals surface area contributed by atoms with Crippen molar-refractivity contribution in [2.24, 2.45) is 5.92 Å². The van der Waals surface area contributed by atoms with Crippen molar-refractivity contribution < 1.29 is 12.8 Å². The van der Waals surface area contributed by atoms with Crippen LogP contribution in [0.15, 0.2) is 16.6 Å². The largest absolute Gasteiger partial charge is 0.310 e. The fraction of sp³-hybridized carbons (Fsp3) is 0.571. The van der Waals surface area contributed by atoms with Gasteiger partial charge in [-0.05, 0) is 47.3 Å². The maximum atomic E-state index is 14.4. The van der Waals surface area contributed by atoms with Crippen molar-refractivity contribution in [3.63, 3.8) is 0 Å². The highest BCUT2D eigenvalue weighted by molar-refractivity contribution is 9.10. The van der Waals surface area contributed by atoms with E-state index in [4.69, 9.17) is 11.6 Å². The van der Waals surface area contributed by atoms with Gasteiger partial charge in [0.15, 0.2) is 9.84 Å². The minimum absolute atomic E-state index is 0.0386. The minimum atomic E-state index is -3.01. The van der Waals surface area contributed by atoms with Crippen LogP contribution >= 0.6 is 27.5 Å². The molecule has 118 valence electrons. The van der Waals surface area contributed by atoms with Crippen molar-refractivity contribution in [2.75, 3.05) is 18.1 Å². The normalized spacial score (nSPS) is 22.4. The smallest absolute Gasteiger partial charge is 0.150 e. The first-order valence-corrected chi connectivity index (χ1v) is 9.92. The van der Waals surface area contributed by atoms with Gasteiger partial charge in [0.1, 0.15) is 5.82 Å². The molecule has 0 aromatic heterocycles. The monoisotopic (exact) mass is 397 g/mol. The molecule has 0 radical (unpaired) electrons. The van der Waals surface area contributed by atoms with Crippen molar-refractivity contribution in [3.05, 3.63) is 33.0 Å². The van der Waals surface area contributed by atoms with E-state index in [-0.39, 0.29) is 28.5 Å². The molecule has 21 heavy (non-hydrogen) atoms. The van der Waals surface area contributed by atoms with E-state index in [2.05, 4.69) is 21.2 Å². The summed E-state index contributed by atoms with van der Waals surface area (Å²) in [5.41, 5.74) is 0.443. The molecule has 1 heterocycles. The second-order valence-corrected chi connectivity index (χ2v) is 8.82. The van der Waals surface area contributed by atoms with Gasteiger partial charge in [-0.2, -0.15) is 0 Å². The number of hydrogen-bond acceptors (Lipinski definition) is 3. The molecule has 0 saturated carbocycles. The third-order valence-electron chi connectivity index (χ3n) is 3.75. The molecule has 0 spiro atoms. The first-order chi connectivity index (χ1) is 9.85. The fourth-order valence-corrected chi connectivity index (χ4v) is 5.02. The molecule has 2 atom stereocenters. The Bertz CT molecular complexity index is 624. The first-order valence-electron chi connectivity index (χ1n) is 6.93. The molecule has 1 fully saturated rings. The van der Waals surface area contributed by atoms with Gasteiger partial charge in [-0.3, -0.25) is 0 Å². The molecule has 2 rings (SSSR count). The molecular weight excluding hydrogens is 381 g/mol. The lowest BCUT2D eigenvalue weighted by Crippen LogP contribution is -2.30. The summed E-state index contributed by atoms with van der Waals surface area (Å²) in [6.45, 7) is 2.72. The van der Waals surface area contributed by atoms with E-state index in [9.17, 15) is 12.8 Å². The third-order valence-corrected chi connectivity index (χ3v) is 6.81. The summed E-state index contributed by atoms with van der Waals surface area (Å²) in [5, 5.41) is 3.31. The molecule has 1 aliphatic heterocycles. The van der Waals surface area contributed by atoms with Gasteiger partial charge in [-0.25, -0.2) is 12.8 Å². The van der Waals surface area contributed by atoms with E-state index < -0.39 is 15.7 Å². The molecule has 1 saturated heterocycles. The Morgan fingerprint density at radius 2 is 2.24 bits per heavy atom. The Morgan fingerprint density at radius 3 is 2.81 bits per heavy atom. The highest BCUT2D eigenvalue weighted by Gasteiger charge is 2.35. The number of sulfone groups is 1. The standard InChI is InChI=1S/C14H18BrClFNO2S/c1-2-6-18-14(9-5-7-21(19,20)8-9)10-3-4-11(15)12(16)13(10)17/h3-4,9,14,18H,2,5-8H2,1H3. The van der Waals surface area contributed by atoms with Gasteiger partial charge in [0, 0.05) is 16.1 Å². The average Bonchev–Trinajstić information content (AvgIpc) is 2.79. The van der Waals surface area contributed by atoms with Gasteiger partial charge in [0.05, 0.1) is 16.5 Å². The highest BCUT2D eigenvalue weighted by atomic mass is 79.9. The zero-order valence-electron chi connectivity index (χ0n) is 11.7. The van der Waals surface area contributed by atoms with Gasteiger partial charge in [-0.15, -0.1) is 0 Å². The molecule has 0 amide bonds. The van der Waals surface area contributed by atoms with Gasteiger partial charge in [-0.1, -0.05) is 24.6 Å². The lowest BCUT2D eigenvalue weighted by Gasteiger charge is -2.25. The molecule has 1 aliphatic rings. The number of rotatable bonds is 5. The number of halogens is 3. The van der Waals surface area contributed by atoms with E-state index in [0.717, 1.165) is 6.42 Å². The molecule has 1 aromatic rings. The molecule has 2 unspecified atom stereocenters. The second kappa shape index (κ2) is 6.94. The quantitative estimate of drug-likeness (QED) is 0.769. The van der Waals surface area contributed by atoms with Crippen LogP contribution < -0.4 is 5.32 Å². The van der Waals surface area contributed by atoms with Crippen molar-refractivity contribution >= 4 is 37.4 Å². The summed E-state index contributed by atoms with van der Waals surface area (Å²) in [5.74, 6) is -0.327. The lowest BCUT2D eigenvalue weighted by atomic mass is 9.92. The predicted octanol–water partition coefficient (Wildman–Crippen LogP) is 3.72. The Kier molecular flexibility index (Phi) is 5.68. The van der Waals surface area contributed by atoms with Gasteiger partial charge < -0.3 is 5.32 Å². The fourth-order valence-electron chi connectivity index (χ4n) is 2.70. The van der Waals surface area contributed by atoms with Gasteiger partial charge in [0.25, 0.3) is 0 Å². The van der Waals surface area contributed by atoms with Crippen LogP contribution in [0.2, 0.25) is 5.02 Å². The van der Waals surface area contributed by atoms with Crippen LogP contribution in [0, 0.1) is 11.7 Å². The van der Waals surface area contributed by atoms with Crippen LogP contribution in [0.3, 0.4) is 0 Å². The Labute approximate surface area is 138 Å². The number of nitrogens with one attached hydrogen (secondary N) is 1. The van der Waals surface area contributed by atoms with Crippen molar-refractivity contribution in [1.82, 2.24) is 5.32 Å². The summed E-state index contributed by atoms with van der Waals surface area (Å²) in [4.78, 5) is 0. The Hall–Kier alpha value is -0.170. The summed E-state index contributed by atoms with van der Waals surface area (Å²) >= 11 is 9.15. The molecule has 0 aliphatic carbocycles. The SMILES string of the molecule is CCCNC(c1ccc(Br)c(Cl)c1F)C1CCS(=O)(=O)C1. The highest BCUT2D eigenvalue weighted by Crippen LogP contribution is 2.36. The second-order valence-electron chi connectivity index (χ2n) is 5.36. The van der Waals surface area contributed by atoms with E-state index in [1.54, 1.807) is 12.1 Å². The van der Waals surface area contributed by atoms with Crippen LogP contribution in [0.1, 0.15) is 31.4 Å². The zero-order chi connectivity index (χ0) is 15.6. The number of benzene rings is 1. The zero-order valence-corrected chi connectivity index (χ0v) is 14.9. The first kappa shape index (κ1) is 17.2. The average molecular weight is 399 g/mol. The van der Waals surface area contributed by atoms with E-state index in [1.807, 2.05) is 6.92 Å². The van der Waals surface area contributed by atoms with Crippen molar-refractivity contribution in [1.29, 1.82) is 0 Å². The predicted molar refractivity (Wildman–Crippen MR) is 86.9 cm³/mol. The lowest BCUT2D eigenvalue weighted by molar-refractivity contribution is 0.380. The molecule has 1 N–H and O–H groups in total. The van der Waals surface area contributed by atoms with Crippen LogP contribution in [-0.2, 0) is 9.84 Å². The van der Waals surface area contributed by atoms with Crippen LogP contribution in [0.4, 0.5) is 4.39 Å². The molecular formula is C14H18BrClFNO2S. The van der Waals surface area contributed by atoms with E-state index >= 15 is 0 Å². The van der Waals surface area contributed by atoms with Crippen molar-refractivity contribution in [2.45, 2.75) is 25.8 Å². The van der Waals surface area contributed by atoms with E-state index in [0.29, 0.717) is 23.0 Å². The third kappa shape index (κ3) is 3.97. The Balaban J connectivity index is 2.35. The molecule has 0 bridgehead atoms. The minimum Gasteiger partial charge on any atom is -0.310 e. The molecule has 1 aromatic carbocycles. The summed E-state index contributed by atoms with van der Waals surface area (Å²) in [6.07, 6.45) is 1.44.